The number of ether oxygens (including phenoxy) is 4. The van der Waals surface area contributed by atoms with Gasteiger partial charge in [-0.15, -0.1) is 0 Å². The van der Waals surface area contributed by atoms with Gasteiger partial charge in [0.2, 0.25) is 12.2 Å². The number of methoxy groups -OCH3 is 1. The van der Waals surface area contributed by atoms with E-state index in [4.69, 9.17) is 24.7 Å². The Morgan fingerprint density at radius 3 is 2.60 bits per heavy atom. The molecular formula is C20H28N4O11. The van der Waals surface area contributed by atoms with Crippen molar-refractivity contribution in [3.8, 4) is 0 Å². The standard InChI is InChI=1S/C20H28N4O11/c1-3-5-22-17(30)9-7-8(25)11(27)19(33-9)35-15(16(21)29)14-13(32-2)12(28)18(34-14)24-6-4-10(26)23-20(24)31/h4,6-8,11-15,18-19,25,27-28H,3,5H2,1-2H3,(H2,21,29)(H,22,30)(H,23,26,31)/t8-,11-,12+,13-,14-,15?,18+,19+/m0/s1. The second-order valence-electron chi connectivity index (χ2n) is 7.91. The van der Waals surface area contributed by atoms with Crippen LogP contribution in [-0.2, 0) is 28.5 Å². The van der Waals surface area contributed by atoms with Crippen molar-refractivity contribution in [2.24, 2.45) is 5.73 Å². The van der Waals surface area contributed by atoms with Gasteiger partial charge in [0.1, 0.15) is 30.5 Å². The van der Waals surface area contributed by atoms with Gasteiger partial charge in [0.05, 0.1) is 0 Å². The number of nitrogens with two attached hydrogens (primary N) is 1. The third kappa shape index (κ3) is 5.61. The first kappa shape index (κ1) is 26.5. The number of nitrogens with zero attached hydrogens (tertiary/aromatic N) is 1. The summed E-state index contributed by atoms with van der Waals surface area (Å²) in [6, 6.07) is 1.03. The zero-order valence-corrected chi connectivity index (χ0v) is 18.9. The summed E-state index contributed by atoms with van der Waals surface area (Å²) in [4.78, 5) is 50.1. The molecule has 0 aliphatic carbocycles. The van der Waals surface area contributed by atoms with E-state index in [1.807, 2.05) is 11.9 Å². The van der Waals surface area contributed by atoms with Crippen molar-refractivity contribution in [3.05, 3.63) is 44.9 Å². The molecule has 1 unspecified atom stereocenters. The number of amides is 2. The fourth-order valence-corrected chi connectivity index (χ4v) is 3.71. The van der Waals surface area contributed by atoms with Gasteiger partial charge in [-0.2, -0.15) is 0 Å². The van der Waals surface area contributed by atoms with E-state index in [-0.39, 0.29) is 5.76 Å². The van der Waals surface area contributed by atoms with E-state index in [0.717, 1.165) is 22.9 Å². The van der Waals surface area contributed by atoms with E-state index in [1.165, 1.54) is 7.11 Å². The summed E-state index contributed by atoms with van der Waals surface area (Å²) in [6.07, 6.45) is -9.66. The first-order chi connectivity index (χ1) is 16.6. The van der Waals surface area contributed by atoms with Crippen LogP contribution in [0.15, 0.2) is 33.7 Å². The Morgan fingerprint density at radius 1 is 1.29 bits per heavy atom. The number of primary amides is 1. The summed E-state index contributed by atoms with van der Waals surface area (Å²) >= 11 is 0. The Morgan fingerprint density at radius 2 is 2.00 bits per heavy atom. The Hall–Kier alpha value is -3.08. The molecule has 0 radical (unpaired) electrons. The number of rotatable bonds is 9. The minimum Gasteiger partial charge on any atom is -0.456 e. The normalized spacial score (nSPS) is 31.3. The van der Waals surface area contributed by atoms with Crippen LogP contribution >= 0.6 is 0 Å². The highest BCUT2D eigenvalue weighted by atomic mass is 16.7. The molecule has 15 nitrogen and oxygen atoms in total. The summed E-state index contributed by atoms with van der Waals surface area (Å²) < 4.78 is 22.7. The minimum atomic E-state index is -1.73. The average molecular weight is 500 g/mol. The van der Waals surface area contributed by atoms with Crippen molar-refractivity contribution in [1.82, 2.24) is 14.9 Å². The number of H-pyrrole nitrogens is 1. The maximum Gasteiger partial charge on any atom is 0.330 e. The van der Waals surface area contributed by atoms with Gasteiger partial charge in [-0.05, 0) is 12.5 Å². The molecule has 2 amide bonds. The number of carbonyl (C=O) groups is 2. The highest BCUT2D eigenvalue weighted by Gasteiger charge is 2.52. The third-order valence-electron chi connectivity index (χ3n) is 5.46. The van der Waals surface area contributed by atoms with E-state index in [0.29, 0.717) is 13.0 Å². The van der Waals surface area contributed by atoms with Crippen molar-refractivity contribution >= 4 is 11.8 Å². The van der Waals surface area contributed by atoms with Gasteiger partial charge >= 0.3 is 5.69 Å². The first-order valence-corrected chi connectivity index (χ1v) is 10.7. The van der Waals surface area contributed by atoms with E-state index in [9.17, 15) is 34.5 Å². The van der Waals surface area contributed by atoms with Crippen molar-refractivity contribution in [3.63, 3.8) is 0 Å². The topological polar surface area (TPSA) is 225 Å². The third-order valence-corrected chi connectivity index (χ3v) is 5.46. The quantitative estimate of drug-likeness (QED) is 0.192. The van der Waals surface area contributed by atoms with Gasteiger partial charge in [0.25, 0.3) is 11.5 Å². The summed E-state index contributed by atoms with van der Waals surface area (Å²) in [5.74, 6) is -2.14. The summed E-state index contributed by atoms with van der Waals surface area (Å²) in [5, 5.41) is 33.7. The molecule has 194 valence electrons. The van der Waals surface area contributed by atoms with Gasteiger partial charge < -0.3 is 45.3 Å². The maximum atomic E-state index is 12.3. The van der Waals surface area contributed by atoms with Crippen LogP contribution in [0.3, 0.4) is 0 Å². The highest BCUT2D eigenvalue weighted by Crippen LogP contribution is 2.34. The molecule has 0 aromatic carbocycles. The van der Waals surface area contributed by atoms with E-state index in [2.05, 4.69) is 5.32 Å². The summed E-state index contributed by atoms with van der Waals surface area (Å²) in [6.45, 7) is 2.15. The molecule has 1 aromatic heterocycles. The van der Waals surface area contributed by atoms with E-state index < -0.39 is 72.2 Å². The average Bonchev–Trinajstić information content (AvgIpc) is 3.13. The number of aliphatic hydroxyl groups is 3. The summed E-state index contributed by atoms with van der Waals surface area (Å²) in [7, 11) is 1.20. The van der Waals surface area contributed by atoms with Crippen LogP contribution in [-0.4, -0.2) is 93.3 Å². The zero-order chi connectivity index (χ0) is 25.9. The summed E-state index contributed by atoms with van der Waals surface area (Å²) in [5.41, 5.74) is 3.91. The molecule has 0 bridgehead atoms. The lowest BCUT2D eigenvalue weighted by Gasteiger charge is -2.35. The zero-order valence-electron chi connectivity index (χ0n) is 18.9. The Balaban J connectivity index is 1.85. The number of aliphatic hydroxyl groups excluding tert-OH is 3. The van der Waals surface area contributed by atoms with Crippen LogP contribution in [0.1, 0.15) is 19.6 Å². The molecule has 7 N–H and O–H groups in total. The predicted octanol–water partition coefficient (Wildman–Crippen LogP) is -3.83. The second kappa shape index (κ2) is 11.1. The van der Waals surface area contributed by atoms with Gasteiger partial charge in [0.15, 0.2) is 18.1 Å². The molecule has 1 fully saturated rings. The SMILES string of the molecule is CCCNC(=O)C1=C[C@H](O)[C@H](O)[C@@H](OC(C(N)=O)[C@H]2O[C@@H](n3ccc(=O)[nH]c3=O)[C@H](O)[C@@H]2OC)O1. The van der Waals surface area contributed by atoms with Crippen LogP contribution in [0.4, 0.5) is 0 Å². The number of hydrogen-bond acceptors (Lipinski definition) is 11. The number of aromatic amines is 1. The lowest BCUT2D eigenvalue weighted by molar-refractivity contribution is -0.241. The molecule has 0 spiro atoms. The van der Waals surface area contributed by atoms with Crippen LogP contribution in [0.2, 0.25) is 0 Å². The highest BCUT2D eigenvalue weighted by molar-refractivity contribution is 5.91. The molecule has 15 heteroatoms. The van der Waals surface area contributed by atoms with E-state index >= 15 is 0 Å². The van der Waals surface area contributed by atoms with Crippen molar-refractivity contribution in [2.75, 3.05) is 13.7 Å². The molecule has 2 aliphatic rings. The lowest BCUT2D eigenvalue weighted by Crippen LogP contribution is -2.54. The van der Waals surface area contributed by atoms with Crippen molar-refractivity contribution in [2.45, 2.75) is 62.5 Å². The largest absolute Gasteiger partial charge is 0.456 e. The Labute approximate surface area is 198 Å². The molecule has 1 aromatic rings. The number of nitrogens with one attached hydrogen (secondary N) is 2. The minimum absolute atomic E-state index is 0.322. The predicted molar refractivity (Wildman–Crippen MR) is 114 cm³/mol. The van der Waals surface area contributed by atoms with Crippen molar-refractivity contribution in [1.29, 1.82) is 0 Å². The fraction of sp³-hybridized carbons (Fsp3) is 0.600. The maximum absolute atomic E-state index is 12.3. The van der Waals surface area contributed by atoms with Crippen molar-refractivity contribution < 1.29 is 43.9 Å². The van der Waals surface area contributed by atoms with E-state index in [1.54, 1.807) is 0 Å². The lowest BCUT2D eigenvalue weighted by atomic mass is 10.0. The molecule has 0 saturated carbocycles. The molecule has 3 rings (SSSR count). The van der Waals surface area contributed by atoms with Gasteiger partial charge in [-0.25, -0.2) is 4.79 Å². The van der Waals surface area contributed by atoms with Crippen LogP contribution in [0, 0.1) is 0 Å². The van der Waals surface area contributed by atoms with Gasteiger partial charge in [-0.1, -0.05) is 6.92 Å². The van der Waals surface area contributed by atoms with Gasteiger partial charge in [-0.3, -0.25) is 23.9 Å². The molecular weight excluding hydrogens is 472 g/mol. The second-order valence-corrected chi connectivity index (χ2v) is 7.91. The smallest absolute Gasteiger partial charge is 0.330 e. The van der Waals surface area contributed by atoms with Crippen LogP contribution < -0.4 is 22.3 Å². The Bertz CT molecular complexity index is 1070. The molecule has 8 atom stereocenters. The van der Waals surface area contributed by atoms with Gasteiger partial charge in [0, 0.05) is 25.9 Å². The van der Waals surface area contributed by atoms with Crippen LogP contribution in [0.25, 0.3) is 0 Å². The van der Waals surface area contributed by atoms with Crippen LogP contribution in [0.5, 0.6) is 0 Å². The molecule has 1 saturated heterocycles. The number of aromatic nitrogens is 2. The Kier molecular flexibility index (Phi) is 8.42. The first-order valence-electron chi connectivity index (χ1n) is 10.7. The molecule has 3 heterocycles. The number of carbonyl (C=O) groups excluding carboxylic acids is 2. The monoisotopic (exact) mass is 500 g/mol. The molecule has 2 aliphatic heterocycles. The fourth-order valence-electron chi connectivity index (χ4n) is 3.71. The molecule has 35 heavy (non-hydrogen) atoms. The number of hydrogen-bond donors (Lipinski definition) is 6.